The SMILES string of the molecule is COc1ccc(C(=O)[C@H](C)OC(=O)c2cc(-c3ccc(N4C(=O)[C@@H]5CC[C@H](C)C[C@H]5C4=O)cc3)nc3ccccc23)cc1. The fourth-order valence-electron chi connectivity index (χ4n) is 6.19. The van der Waals surface area contributed by atoms with Crippen LogP contribution in [-0.2, 0) is 14.3 Å². The Morgan fingerprint density at radius 2 is 1.60 bits per heavy atom. The van der Waals surface area contributed by atoms with Gasteiger partial charge >= 0.3 is 5.97 Å². The Kier molecular flexibility index (Phi) is 7.52. The molecule has 4 atom stereocenters. The van der Waals surface area contributed by atoms with Gasteiger partial charge in [0.25, 0.3) is 0 Å². The molecule has 0 bridgehead atoms. The summed E-state index contributed by atoms with van der Waals surface area (Å²) < 4.78 is 10.8. The van der Waals surface area contributed by atoms with E-state index in [1.807, 2.05) is 12.1 Å². The van der Waals surface area contributed by atoms with Crippen molar-refractivity contribution in [2.45, 2.75) is 39.2 Å². The van der Waals surface area contributed by atoms with Crippen LogP contribution in [0.15, 0.2) is 78.9 Å². The van der Waals surface area contributed by atoms with Crippen LogP contribution in [0.2, 0.25) is 0 Å². The van der Waals surface area contributed by atoms with Crippen molar-refractivity contribution in [1.82, 2.24) is 4.98 Å². The van der Waals surface area contributed by atoms with Gasteiger partial charge in [-0.05, 0) is 80.6 Å². The Labute approximate surface area is 249 Å². The minimum atomic E-state index is -1.02. The number of fused-ring (bicyclic) bond motifs is 2. The molecule has 2 amide bonds. The number of hydrogen-bond donors (Lipinski definition) is 0. The number of benzene rings is 3. The average molecular weight is 577 g/mol. The summed E-state index contributed by atoms with van der Waals surface area (Å²) in [5.74, 6) is -0.645. The zero-order valence-corrected chi connectivity index (χ0v) is 24.3. The van der Waals surface area contributed by atoms with Gasteiger partial charge in [0, 0.05) is 16.5 Å². The van der Waals surface area contributed by atoms with Crippen molar-refractivity contribution in [2.75, 3.05) is 12.0 Å². The third kappa shape index (κ3) is 5.29. The molecule has 4 aromatic rings. The molecule has 1 aliphatic heterocycles. The summed E-state index contributed by atoms with van der Waals surface area (Å²) in [4.78, 5) is 58.8. The number of carbonyl (C=O) groups excluding carboxylic acids is 4. The van der Waals surface area contributed by atoms with E-state index >= 15 is 0 Å². The van der Waals surface area contributed by atoms with Gasteiger partial charge in [-0.25, -0.2) is 9.78 Å². The van der Waals surface area contributed by atoms with E-state index in [2.05, 4.69) is 6.92 Å². The predicted molar refractivity (Wildman–Crippen MR) is 162 cm³/mol. The van der Waals surface area contributed by atoms with Crippen molar-refractivity contribution in [1.29, 1.82) is 0 Å². The van der Waals surface area contributed by atoms with Gasteiger partial charge in [-0.15, -0.1) is 0 Å². The van der Waals surface area contributed by atoms with Crippen LogP contribution in [0.4, 0.5) is 5.69 Å². The number of amides is 2. The summed E-state index contributed by atoms with van der Waals surface area (Å²) >= 11 is 0. The van der Waals surface area contributed by atoms with Gasteiger partial charge in [-0.3, -0.25) is 19.3 Å². The summed E-state index contributed by atoms with van der Waals surface area (Å²) in [7, 11) is 1.55. The monoisotopic (exact) mass is 576 g/mol. The number of nitrogens with zero attached hydrogens (tertiary/aromatic N) is 2. The van der Waals surface area contributed by atoms with Crippen molar-refractivity contribution in [2.24, 2.45) is 17.8 Å². The lowest BCUT2D eigenvalue weighted by atomic mass is 9.76. The van der Waals surface area contributed by atoms with Crippen LogP contribution in [-0.4, -0.2) is 41.8 Å². The molecular formula is C35H32N2O6. The summed E-state index contributed by atoms with van der Waals surface area (Å²) in [5, 5.41) is 0.599. The Hall–Kier alpha value is -4.85. The lowest BCUT2D eigenvalue weighted by Gasteiger charge is -2.25. The number of imide groups is 1. The van der Waals surface area contributed by atoms with Crippen LogP contribution in [0.5, 0.6) is 5.75 Å². The van der Waals surface area contributed by atoms with Crippen LogP contribution >= 0.6 is 0 Å². The Bertz CT molecular complexity index is 1730. The van der Waals surface area contributed by atoms with Gasteiger partial charge in [0.15, 0.2) is 6.10 Å². The lowest BCUT2D eigenvalue weighted by Crippen LogP contribution is -2.30. The first kappa shape index (κ1) is 28.3. The van der Waals surface area contributed by atoms with Crippen LogP contribution in [0.25, 0.3) is 22.2 Å². The number of carbonyl (C=O) groups is 4. The number of esters is 1. The topological polar surface area (TPSA) is 103 Å². The molecule has 0 unspecified atom stereocenters. The van der Waals surface area contributed by atoms with Crippen LogP contribution < -0.4 is 9.64 Å². The van der Waals surface area contributed by atoms with Crippen molar-refractivity contribution < 1.29 is 28.7 Å². The highest BCUT2D eigenvalue weighted by atomic mass is 16.5. The molecule has 2 heterocycles. The number of methoxy groups -OCH3 is 1. The molecule has 0 N–H and O–H groups in total. The highest BCUT2D eigenvalue weighted by Crippen LogP contribution is 2.42. The van der Waals surface area contributed by atoms with Crippen molar-refractivity contribution in [3.8, 4) is 17.0 Å². The maximum atomic E-state index is 13.4. The second-order valence-electron chi connectivity index (χ2n) is 11.4. The molecular weight excluding hydrogens is 544 g/mol. The third-order valence-electron chi connectivity index (χ3n) is 8.57. The first-order chi connectivity index (χ1) is 20.7. The van der Waals surface area contributed by atoms with Crippen molar-refractivity contribution in [3.05, 3.63) is 90.0 Å². The van der Waals surface area contributed by atoms with Gasteiger partial charge in [0.1, 0.15) is 5.75 Å². The summed E-state index contributed by atoms with van der Waals surface area (Å²) in [6.45, 7) is 3.68. The quantitative estimate of drug-likeness (QED) is 0.145. The zero-order valence-electron chi connectivity index (χ0n) is 24.3. The summed E-state index contributed by atoms with van der Waals surface area (Å²) in [6, 6.07) is 22.6. The summed E-state index contributed by atoms with van der Waals surface area (Å²) in [5.41, 5.74) is 3.04. The number of hydrogen-bond acceptors (Lipinski definition) is 7. The molecule has 43 heavy (non-hydrogen) atoms. The highest BCUT2D eigenvalue weighted by Gasteiger charge is 2.49. The van der Waals surface area contributed by atoms with E-state index in [0.29, 0.717) is 45.1 Å². The fourth-order valence-corrected chi connectivity index (χ4v) is 6.19. The van der Waals surface area contributed by atoms with E-state index in [-0.39, 0.29) is 35.0 Å². The van der Waals surface area contributed by atoms with Crippen LogP contribution in [0, 0.1) is 17.8 Å². The minimum Gasteiger partial charge on any atom is -0.497 e. The molecule has 6 rings (SSSR count). The molecule has 8 nitrogen and oxygen atoms in total. The smallest absolute Gasteiger partial charge is 0.339 e. The van der Waals surface area contributed by atoms with E-state index in [9.17, 15) is 19.2 Å². The van der Waals surface area contributed by atoms with Gasteiger partial charge in [0.05, 0.1) is 41.4 Å². The number of Topliss-reactive ketones (excluding diaryl/α,β-unsaturated/α-hetero) is 1. The molecule has 0 spiro atoms. The molecule has 2 fully saturated rings. The molecule has 1 saturated carbocycles. The Morgan fingerprint density at radius 3 is 2.33 bits per heavy atom. The largest absolute Gasteiger partial charge is 0.497 e. The number of anilines is 1. The van der Waals surface area contributed by atoms with E-state index in [4.69, 9.17) is 14.5 Å². The van der Waals surface area contributed by atoms with Gasteiger partial charge in [-0.2, -0.15) is 0 Å². The number of ether oxygens (including phenoxy) is 2. The van der Waals surface area contributed by atoms with E-state index in [1.165, 1.54) is 4.90 Å². The van der Waals surface area contributed by atoms with E-state index < -0.39 is 12.1 Å². The molecule has 218 valence electrons. The van der Waals surface area contributed by atoms with Crippen molar-refractivity contribution >= 4 is 40.2 Å². The lowest BCUT2D eigenvalue weighted by molar-refractivity contribution is -0.122. The molecule has 2 aliphatic rings. The first-order valence-corrected chi connectivity index (χ1v) is 14.5. The third-order valence-corrected chi connectivity index (χ3v) is 8.57. The van der Waals surface area contributed by atoms with E-state index in [1.54, 1.807) is 80.8 Å². The molecule has 1 aliphatic carbocycles. The standard InChI is InChI=1S/C35H32N2O6/c1-20-8-17-27-28(18-20)34(40)37(33(27)39)24-13-9-22(10-14-24)31-19-29(26-6-4-5-7-30(26)36-31)35(41)43-21(2)32(38)23-11-15-25(42-3)16-12-23/h4-7,9-16,19-21,27-28H,8,17-18H2,1-3H3/t20-,21-,27+,28+/m0/s1. The minimum absolute atomic E-state index is 0.123. The number of para-hydroxylation sites is 1. The Balaban J connectivity index is 1.26. The first-order valence-electron chi connectivity index (χ1n) is 14.5. The molecule has 3 aromatic carbocycles. The summed E-state index contributed by atoms with van der Waals surface area (Å²) in [6.07, 6.45) is 1.43. The van der Waals surface area contributed by atoms with E-state index in [0.717, 1.165) is 19.3 Å². The second kappa shape index (κ2) is 11.4. The fraction of sp³-hybridized carbons (Fsp3) is 0.286. The van der Waals surface area contributed by atoms with Crippen LogP contribution in [0.3, 0.4) is 0 Å². The maximum Gasteiger partial charge on any atom is 0.339 e. The molecule has 8 heteroatoms. The Morgan fingerprint density at radius 1 is 0.907 bits per heavy atom. The molecule has 1 aromatic heterocycles. The number of pyridine rings is 1. The molecule has 1 saturated heterocycles. The zero-order chi connectivity index (χ0) is 30.2. The normalized spacial score (nSPS) is 20.5. The average Bonchev–Trinajstić information content (AvgIpc) is 3.28. The number of rotatable bonds is 7. The van der Waals surface area contributed by atoms with Crippen LogP contribution in [0.1, 0.15) is 53.8 Å². The van der Waals surface area contributed by atoms with Gasteiger partial charge in [-0.1, -0.05) is 37.3 Å². The maximum absolute atomic E-state index is 13.4. The predicted octanol–water partition coefficient (Wildman–Crippen LogP) is 6.26. The van der Waals surface area contributed by atoms with Crippen molar-refractivity contribution in [3.63, 3.8) is 0 Å². The van der Waals surface area contributed by atoms with Gasteiger partial charge in [0.2, 0.25) is 17.6 Å². The van der Waals surface area contributed by atoms with Gasteiger partial charge < -0.3 is 9.47 Å². The second-order valence-corrected chi connectivity index (χ2v) is 11.4. The number of ketones is 1. The molecule has 0 radical (unpaired) electrons. The highest BCUT2D eigenvalue weighted by molar-refractivity contribution is 6.22. The number of aromatic nitrogens is 1.